The molecule has 4 atom stereocenters. The Kier molecular flexibility index (Phi) is 4.94. The van der Waals surface area contributed by atoms with Crippen molar-refractivity contribution in [2.75, 3.05) is 19.0 Å². The highest BCUT2D eigenvalue weighted by atomic mass is 35.5. The van der Waals surface area contributed by atoms with E-state index in [0.29, 0.717) is 11.1 Å². The van der Waals surface area contributed by atoms with E-state index in [2.05, 4.69) is 33.0 Å². The highest BCUT2D eigenvalue weighted by Crippen LogP contribution is 2.53. The minimum atomic E-state index is -0.628. The number of hydrogen-bond acceptors (Lipinski definition) is 7. The zero-order valence-electron chi connectivity index (χ0n) is 16.4. The Balaban J connectivity index is 1.72. The molecule has 7 nitrogen and oxygen atoms in total. The monoisotopic (exact) mass is 421 g/mol. The Morgan fingerprint density at radius 3 is 2.71 bits per heavy atom. The first kappa shape index (κ1) is 19.7. The molecule has 1 aromatic heterocycles. The molecule has 4 rings (SSSR count). The number of aromatic nitrogens is 2. The molecule has 0 N–H and O–H groups in total. The number of fused-ring (bicyclic) bond motifs is 2. The third-order valence-corrected chi connectivity index (χ3v) is 6.43. The topological polar surface area (TPSA) is 63.1 Å². The lowest BCUT2D eigenvalue weighted by Crippen LogP contribution is -2.41. The average Bonchev–Trinajstić information content (AvgIpc) is 3.21. The molecule has 1 aromatic rings. The number of aliphatic imine (C=N–C) groups is 1. The molecule has 0 amide bonds. The van der Waals surface area contributed by atoms with Crippen LogP contribution in [0, 0.1) is 5.92 Å². The zero-order valence-corrected chi connectivity index (χ0v) is 18.0. The number of hydrogen-bond donors (Lipinski definition) is 0. The van der Waals surface area contributed by atoms with Gasteiger partial charge < -0.3 is 19.3 Å². The highest BCUT2D eigenvalue weighted by molar-refractivity contribution is 8.03. The van der Waals surface area contributed by atoms with Crippen LogP contribution in [-0.2, 0) is 9.47 Å². The molecule has 1 saturated heterocycles. The van der Waals surface area contributed by atoms with Gasteiger partial charge in [0.2, 0.25) is 0 Å². The van der Waals surface area contributed by atoms with Crippen molar-refractivity contribution in [3.8, 4) is 0 Å². The summed E-state index contributed by atoms with van der Waals surface area (Å²) in [5.41, 5.74) is 0. The first-order valence-corrected chi connectivity index (χ1v) is 10.3. The SMILES string of the molecule is C=C[C@H]1C[C@@H](N2C(=C)Sc3c(Cl)nc(N=CN(C)C)nc32)[C@@H]2OC(C)(C)O[C@@H]21. The molecule has 2 fully saturated rings. The second-order valence-electron chi connectivity index (χ2n) is 7.81. The molecule has 0 bridgehead atoms. The van der Waals surface area contributed by atoms with Gasteiger partial charge in [0.25, 0.3) is 5.95 Å². The summed E-state index contributed by atoms with van der Waals surface area (Å²) in [5, 5.41) is 1.23. The Bertz CT molecular complexity index is 859. The van der Waals surface area contributed by atoms with Gasteiger partial charge in [-0.25, -0.2) is 4.99 Å². The molecule has 1 aliphatic carbocycles. The fourth-order valence-corrected chi connectivity index (χ4v) is 5.18. The summed E-state index contributed by atoms with van der Waals surface area (Å²) < 4.78 is 12.4. The summed E-state index contributed by atoms with van der Waals surface area (Å²) in [7, 11) is 3.77. The van der Waals surface area contributed by atoms with E-state index in [0.717, 1.165) is 22.2 Å². The van der Waals surface area contributed by atoms with Crippen molar-refractivity contribution in [2.45, 2.75) is 49.2 Å². The number of thioether (sulfide) groups is 1. The third-order valence-electron chi connectivity index (χ3n) is 5.03. The minimum absolute atomic E-state index is 0.0210. The van der Waals surface area contributed by atoms with Crippen LogP contribution in [0.3, 0.4) is 0 Å². The average molecular weight is 422 g/mol. The van der Waals surface area contributed by atoms with Crippen LogP contribution >= 0.6 is 23.4 Å². The van der Waals surface area contributed by atoms with Gasteiger partial charge >= 0.3 is 0 Å². The first-order chi connectivity index (χ1) is 13.2. The third kappa shape index (κ3) is 3.32. The molecule has 2 aliphatic heterocycles. The van der Waals surface area contributed by atoms with Gasteiger partial charge in [-0.1, -0.05) is 36.0 Å². The molecule has 28 heavy (non-hydrogen) atoms. The lowest BCUT2D eigenvalue weighted by molar-refractivity contribution is -0.155. The van der Waals surface area contributed by atoms with Gasteiger partial charge in [0.15, 0.2) is 16.8 Å². The van der Waals surface area contributed by atoms with Gasteiger partial charge in [-0.3, -0.25) is 0 Å². The number of ether oxygens (including phenoxy) is 2. The maximum absolute atomic E-state index is 6.44. The fraction of sp³-hybridized carbons (Fsp3) is 0.526. The maximum Gasteiger partial charge on any atom is 0.254 e. The lowest BCUT2D eigenvalue weighted by Gasteiger charge is -2.31. The standard InChI is InChI=1S/C19H24ClN5O2S/c1-7-11-8-12(14-13(11)26-19(3,4)27-14)25-10(2)28-15-16(20)22-18(23-17(15)25)21-9-24(5)6/h7,9,11-14H,1-2,8H2,3-6H3/t11-,12+,13+,14-/m0/s1. The fourth-order valence-electron chi connectivity index (χ4n) is 3.98. The second kappa shape index (κ2) is 7.02. The van der Waals surface area contributed by atoms with Crippen molar-refractivity contribution in [1.82, 2.24) is 14.9 Å². The highest BCUT2D eigenvalue weighted by Gasteiger charge is 2.56. The van der Waals surface area contributed by atoms with E-state index in [1.807, 2.05) is 38.9 Å². The van der Waals surface area contributed by atoms with Crippen LogP contribution in [0.4, 0.5) is 11.8 Å². The number of rotatable bonds is 4. The molecule has 0 spiro atoms. The van der Waals surface area contributed by atoms with Crippen molar-refractivity contribution >= 4 is 41.5 Å². The molecule has 0 radical (unpaired) electrons. The predicted molar refractivity (Wildman–Crippen MR) is 112 cm³/mol. The van der Waals surface area contributed by atoms with Gasteiger partial charge in [0, 0.05) is 20.0 Å². The molecule has 9 heteroatoms. The zero-order chi connectivity index (χ0) is 20.2. The van der Waals surface area contributed by atoms with Crippen LogP contribution in [-0.4, -0.2) is 59.3 Å². The van der Waals surface area contributed by atoms with Crippen molar-refractivity contribution in [2.24, 2.45) is 10.9 Å². The number of anilines is 1. The number of halogens is 1. The van der Waals surface area contributed by atoms with E-state index >= 15 is 0 Å². The van der Waals surface area contributed by atoms with Crippen LogP contribution in [0.25, 0.3) is 0 Å². The smallest absolute Gasteiger partial charge is 0.254 e. The second-order valence-corrected chi connectivity index (χ2v) is 9.25. The van der Waals surface area contributed by atoms with E-state index < -0.39 is 5.79 Å². The lowest BCUT2D eigenvalue weighted by atomic mass is 10.1. The quantitative estimate of drug-likeness (QED) is 0.317. The molecule has 3 heterocycles. The molecule has 0 unspecified atom stereocenters. The normalized spacial score (nSPS) is 30.8. The molecule has 0 aromatic carbocycles. The van der Waals surface area contributed by atoms with E-state index in [1.165, 1.54) is 11.8 Å². The molecular formula is C19H24ClN5O2S. The summed E-state index contributed by atoms with van der Waals surface area (Å²) in [6.07, 6.45) is 4.29. The largest absolute Gasteiger partial charge is 0.369 e. The van der Waals surface area contributed by atoms with Gasteiger partial charge in [-0.15, -0.1) is 6.58 Å². The number of nitrogens with zero attached hydrogens (tertiary/aromatic N) is 5. The van der Waals surface area contributed by atoms with Crippen molar-refractivity contribution < 1.29 is 9.47 Å². The molecule has 3 aliphatic rings. The van der Waals surface area contributed by atoms with E-state index in [-0.39, 0.29) is 24.2 Å². The van der Waals surface area contributed by atoms with Gasteiger partial charge in [-0.2, -0.15) is 9.97 Å². The van der Waals surface area contributed by atoms with Gasteiger partial charge in [0.05, 0.1) is 28.4 Å². The minimum Gasteiger partial charge on any atom is -0.369 e. The maximum atomic E-state index is 6.44. The Morgan fingerprint density at radius 2 is 2.04 bits per heavy atom. The van der Waals surface area contributed by atoms with E-state index in [4.69, 9.17) is 21.1 Å². The first-order valence-electron chi connectivity index (χ1n) is 9.12. The predicted octanol–water partition coefficient (Wildman–Crippen LogP) is 3.83. The summed E-state index contributed by atoms with van der Waals surface area (Å²) >= 11 is 7.92. The van der Waals surface area contributed by atoms with Crippen molar-refractivity contribution in [3.05, 3.63) is 29.4 Å². The van der Waals surface area contributed by atoms with Crippen LogP contribution in [0.1, 0.15) is 20.3 Å². The van der Waals surface area contributed by atoms with Crippen LogP contribution in [0.5, 0.6) is 0 Å². The summed E-state index contributed by atoms with van der Waals surface area (Å²) in [5.74, 6) is 0.609. The van der Waals surface area contributed by atoms with Crippen LogP contribution in [0.2, 0.25) is 5.15 Å². The molecule has 1 saturated carbocycles. The molecule has 150 valence electrons. The Hall–Kier alpha value is -1.61. The van der Waals surface area contributed by atoms with Crippen LogP contribution in [0.15, 0.2) is 34.2 Å². The van der Waals surface area contributed by atoms with Gasteiger partial charge in [-0.05, 0) is 20.3 Å². The van der Waals surface area contributed by atoms with Crippen molar-refractivity contribution in [1.29, 1.82) is 0 Å². The molecular weight excluding hydrogens is 398 g/mol. The van der Waals surface area contributed by atoms with E-state index in [1.54, 1.807) is 6.34 Å². The summed E-state index contributed by atoms with van der Waals surface area (Å²) in [6.45, 7) is 12.1. The Labute approximate surface area is 174 Å². The summed E-state index contributed by atoms with van der Waals surface area (Å²) in [4.78, 5) is 18.0. The van der Waals surface area contributed by atoms with Crippen LogP contribution < -0.4 is 4.90 Å². The summed E-state index contributed by atoms with van der Waals surface area (Å²) in [6, 6.07) is 0.0210. The van der Waals surface area contributed by atoms with Gasteiger partial charge in [0.1, 0.15) is 6.10 Å². The Morgan fingerprint density at radius 1 is 1.32 bits per heavy atom. The van der Waals surface area contributed by atoms with E-state index in [9.17, 15) is 0 Å². The van der Waals surface area contributed by atoms with Crippen molar-refractivity contribution in [3.63, 3.8) is 0 Å².